The molecule has 0 saturated carbocycles. The predicted octanol–water partition coefficient (Wildman–Crippen LogP) is 5.72. The minimum absolute atomic E-state index is 0.0961. The summed E-state index contributed by atoms with van der Waals surface area (Å²) in [6, 6.07) is 19.3. The zero-order valence-electron chi connectivity index (χ0n) is 18.9. The number of hydrogen-bond acceptors (Lipinski definition) is 4. The molecule has 3 aromatic carbocycles. The SMILES string of the molecule is CCc1ccc(-n2nc3cc(C)c(NC(=O)c4cccc(OC(C)CC)c4)cc3n2)cc1. The van der Waals surface area contributed by atoms with E-state index in [2.05, 4.69) is 41.5 Å². The molecule has 164 valence electrons. The standard InChI is InChI=1S/C26H28N4O2/c1-5-18(4)32-22-9-7-8-20(15-22)26(31)27-23-16-25-24(14-17(23)3)28-30(29-25)21-12-10-19(6-2)11-13-21/h7-16,18H,5-6H2,1-4H3,(H,27,31). The Labute approximate surface area is 188 Å². The minimum atomic E-state index is -0.190. The molecule has 1 unspecified atom stereocenters. The van der Waals surface area contributed by atoms with Gasteiger partial charge in [0.05, 0.1) is 11.8 Å². The number of nitrogens with one attached hydrogen (secondary N) is 1. The quantitative estimate of drug-likeness (QED) is 0.409. The van der Waals surface area contributed by atoms with Gasteiger partial charge in [0, 0.05) is 11.3 Å². The van der Waals surface area contributed by atoms with E-state index in [1.165, 1.54) is 5.56 Å². The average Bonchev–Trinajstić information content (AvgIpc) is 3.22. The lowest BCUT2D eigenvalue weighted by molar-refractivity contribution is 0.102. The van der Waals surface area contributed by atoms with Gasteiger partial charge in [-0.2, -0.15) is 4.80 Å². The predicted molar refractivity (Wildman–Crippen MR) is 128 cm³/mol. The Balaban J connectivity index is 1.57. The van der Waals surface area contributed by atoms with Crippen LogP contribution in [-0.4, -0.2) is 27.0 Å². The molecule has 4 rings (SSSR count). The first-order chi connectivity index (χ1) is 15.5. The highest BCUT2D eigenvalue weighted by molar-refractivity contribution is 6.05. The largest absolute Gasteiger partial charge is 0.491 e. The number of ether oxygens (including phenoxy) is 1. The van der Waals surface area contributed by atoms with Crippen molar-refractivity contribution in [3.8, 4) is 11.4 Å². The lowest BCUT2D eigenvalue weighted by atomic mass is 10.1. The van der Waals surface area contributed by atoms with Crippen molar-refractivity contribution in [1.82, 2.24) is 15.0 Å². The van der Waals surface area contributed by atoms with E-state index in [9.17, 15) is 4.79 Å². The molecular formula is C26H28N4O2. The van der Waals surface area contributed by atoms with Crippen molar-refractivity contribution in [2.75, 3.05) is 5.32 Å². The first-order valence-electron chi connectivity index (χ1n) is 11.0. The second-order valence-corrected chi connectivity index (χ2v) is 7.98. The highest BCUT2D eigenvalue weighted by Gasteiger charge is 2.13. The molecule has 0 saturated heterocycles. The number of anilines is 1. The monoisotopic (exact) mass is 428 g/mol. The molecule has 0 bridgehead atoms. The number of hydrogen-bond donors (Lipinski definition) is 1. The number of aromatic nitrogens is 3. The van der Waals surface area contributed by atoms with E-state index in [0.717, 1.165) is 35.1 Å². The summed E-state index contributed by atoms with van der Waals surface area (Å²) in [4.78, 5) is 14.5. The van der Waals surface area contributed by atoms with Crippen LogP contribution < -0.4 is 10.1 Å². The molecule has 32 heavy (non-hydrogen) atoms. The maximum atomic E-state index is 12.9. The van der Waals surface area contributed by atoms with Gasteiger partial charge in [-0.1, -0.05) is 32.0 Å². The zero-order valence-corrected chi connectivity index (χ0v) is 18.9. The first kappa shape index (κ1) is 21.6. The summed E-state index contributed by atoms with van der Waals surface area (Å²) in [5.74, 6) is 0.501. The van der Waals surface area contributed by atoms with Gasteiger partial charge in [0.1, 0.15) is 16.8 Å². The fraction of sp³-hybridized carbons (Fsp3) is 0.269. The van der Waals surface area contributed by atoms with Crippen LogP contribution in [0.15, 0.2) is 60.7 Å². The Morgan fingerprint density at radius 2 is 1.75 bits per heavy atom. The number of carbonyl (C=O) groups is 1. The van der Waals surface area contributed by atoms with E-state index in [1.54, 1.807) is 16.9 Å². The lowest BCUT2D eigenvalue weighted by Gasteiger charge is -2.13. The Hall–Kier alpha value is -3.67. The summed E-state index contributed by atoms with van der Waals surface area (Å²) >= 11 is 0. The van der Waals surface area contributed by atoms with Crippen LogP contribution in [0.2, 0.25) is 0 Å². The van der Waals surface area contributed by atoms with Crippen LogP contribution in [-0.2, 0) is 6.42 Å². The third kappa shape index (κ3) is 4.64. The van der Waals surface area contributed by atoms with E-state index in [1.807, 2.05) is 50.2 Å². The van der Waals surface area contributed by atoms with E-state index >= 15 is 0 Å². The van der Waals surface area contributed by atoms with Gasteiger partial charge in [-0.25, -0.2) is 0 Å². The molecule has 1 heterocycles. The van der Waals surface area contributed by atoms with E-state index in [4.69, 9.17) is 4.74 Å². The van der Waals surface area contributed by atoms with Crippen LogP contribution in [0.3, 0.4) is 0 Å². The smallest absolute Gasteiger partial charge is 0.255 e. The molecule has 0 aliphatic rings. The van der Waals surface area contributed by atoms with Crippen molar-refractivity contribution in [3.05, 3.63) is 77.4 Å². The van der Waals surface area contributed by atoms with E-state index in [-0.39, 0.29) is 12.0 Å². The fourth-order valence-electron chi connectivity index (χ4n) is 3.40. The summed E-state index contributed by atoms with van der Waals surface area (Å²) in [6.45, 7) is 8.16. The molecule has 6 heteroatoms. The molecule has 1 N–H and O–H groups in total. The molecule has 0 fully saturated rings. The van der Waals surface area contributed by atoms with E-state index < -0.39 is 0 Å². The normalized spacial score (nSPS) is 12.0. The van der Waals surface area contributed by atoms with Crippen molar-refractivity contribution < 1.29 is 9.53 Å². The zero-order chi connectivity index (χ0) is 22.7. The second kappa shape index (κ2) is 9.22. The van der Waals surface area contributed by atoms with Crippen LogP contribution in [0.25, 0.3) is 16.7 Å². The number of rotatable bonds is 7. The molecule has 1 aromatic heterocycles. The van der Waals surface area contributed by atoms with Gasteiger partial charge in [-0.3, -0.25) is 4.79 Å². The number of benzene rings is 3. The van der Waals surface area contributed by atoms with Gasteiger partial charge in [-0.15, -0.1) is 10.2 Å². The highest BCUT2D eigenvalue weighted by atomic mass is 16.5. The number of amides is 1. The van der Waals surface area contributed by atoms with Gasteiger partial charge in [0.25, 0.3) is 5.91 Å². The fourth-order valence-corrected chi connectivity index (χ4v) is 3.40. The van der Waals surface area contributed by atoms with Crippen LogP contribution >= 0.6 is 0 Å². The van der Waals surface area contributed by atoms with Gasteiger partial charge < -0.3 is 10.1 Å². The van der Waals surface area contributed by atoms with Crippen molar-refractivity contribution in [2.45, 2.75) is 46.6 Å². The number of carbonyl (C=O) groups excluding carboxylic acids is 1. The molecule has 0 spiro atoms. The van der Waals surface area contributed by atoms with Crippen LogP contribution in [0.1, 0.15) is 48.7 Å². The molecule has 0 radical (unpaired) electrons. The van der Waals surface area contributed by atoms with Crippen molar-refractivity contribution in [3.63, 3.8) is 0 Å². The van der Waals surface area contributed by atoms with Gasteiger partial charge in [0.15, 0.2) is 0 Å². The third-order valence-corrected chi connectivity index (χ3v) is 5.56. The molecular weight excluding hydrogens is 400 g/mol. The maximum Gasteiger partial charge on any atom is 0.255 e. The van der Waals surface area contributed by atoms with Crippen molar-refractivity contribution >= 4 is 22.6 Å². The Morgan fingerprint density at radius 3 is 2.44 bits per heavy atom. The lowest BCUT2D eigenvalue weighted by Crippen LogP contribution is -2.14. The summed E-state index contributed by atoms with van der Waals surface area (Å²) in [5, 5.41) is 12.2. The maximum absolute atomic E-state index is 12.9. The Morgan fingerprint density at radius 1 is 1.03 bits per heavy atom. The van der Waals surface area contributed by atoms with Gasteiger partial charge in [0.2, 0.25) is 0 Å². The van der Waals surface area contributed by atoms with E-state index in [0.29, 0.717) is 17.0 Å². The summed E-state index contributed by atoms with van der Waals surface area (Å²) in [7, 11) is 0. The van der Waals surface area contributed by atoms with Crippen LogP contribution in [0.5, 0.6) is 5.75 Å². The van der Waals surface area contributed by atoms with Crippen LogP contribution in [0, 0.1) is 6.92 Å². The minimum Gasteiger partial charge on any atom is -0.491 e. The molecule has 1 atom stereocenters. The molecule has 0 aliphatic carbocycles. The van der Waals surface area contributed by atoms with Crippen molar-refractivity contribution in [1.29, 1.82) is 0 Å². The topological polar surface area (TPSA) is 69.0 Å². The third-order valence-electron chi connectivity index (χ3n) is 5.56. The molecule has 1 amide bonds. The molecule has 6 nitrogen and oxygen atoms in total. The summed E-state index contributed by atoms with van der Waals surface area (Å²) < 4.78 is 5.84. The van der Waals surface area contributed by atoms with Gasteiger partial charge in [-0.05, 0) is 80.3 Å². The van der Waals surface area contributed by atoms with Crippen molar-refractivity contribution in [2.24, 2.45) is 0 Å². The summed E-state index contributed by atoms with van der Waals surface area (Å²) in [5.41, 5.74) is 5.85. The number of aryl methyl sites for hydroxylation is 2. The highest BCUT2D eigenvalue weighted by Crippen LogP contribution is 2.24. The van der Waals surface area contributed by atoms with Gasteiger partial charge >= 0.3 is 0 Å². The Kier molecular flexibility index (Phi) is 6.21. The molecule has 0 aliphatic heterocycles. The van der Waals surface area contributed by atoms with Crippen LogP contribution in [0.4, 0.5) is 5.69 Å². The first-order valence-corrected chi connectivity index (χ1v) is 11.0. The Bertz CT molecular complexity index is 1240. The number of nitrogens with zero attached hydrogens (tertiary/aromatic N) is 3. The average molecular weight is 429 g/mol. The second-order valence-electron chi connectivity index (χ2n) is 7.98. The summed E-state index contributed by atoms with van der Waals surface area (Å²) in [6.07, 6.45) is 1.99. The molecule has 4 aromatic rings. The number of fused-ring (bicyclic) bond motifs is 1.